The van der Waals surface area contributed by atoms with E-state index < -0.39 is 0 Å². The molecule has 0 amide bonds. The molecule has 1 aromatic heterocycles. The van der Waals surface area contributed by atoms with Gasteiger partial charge in [0.15, 0.2) is 5.82 Å². The van der Waals surface area contributed by atoms with Crippen molar-refractivity contribution in [2.75, 3.05) is 10.6 Å². The first-order valence-corrected chi connectivity index (χ1v) is 8.64. The Hall–Kier alpha value is -2.86. The summed E-state index contributed by atoms with van der Waals surface area (Å²) in [6.07, 6.45) is 1.63. The Morgan fingerprint density at radius 2 is 1.85 bits per heavy atom. The van der Waals surface area contributed by atoms with E-state index in [1.54, 1.807) is 6.20 Å². The molecule has 0 aliphatic rings. The monoisotopic (exact) mass is 369 g/mol. The summed E-state index contributed by atoms with van der Waals surface area (Å²) in [4.78, 5) is 4.46. The number of anilines is 4. The van der Waals surface area contributed by atoms with Gasteiger partial charge < -0.3 is 15.4 Å². The van der Waals surface area contributed by atoms with Crippen LogP contribution in [0.5, 0.6) is 5.75 Å². The first-order valence-electron chi connectivity index (χ1n) is 8.27. The van der Waals surface area contributed by atoms with E-state index in [-0.39, 0.29) is 6.10 Å². The van der Waals surface area contributed by atoms with Gasteiger partial charge in [0, 0.05) is 10.7 Å². The second-order valence-corrected chi connectivity index (χ2v) is 6.47. The highest BCUT2D eigenvalue weighted by Gasteiger charge is 2.08. The molecule has 0 fully saturated rings. The Bertz CT molecular complexity index is 901. The molecule has 3 rings (SSSR count). The number of para-hydroxylation sites is 2. The summed E-state index contributed by atoms with van der Waals surface area (Å²) < 4.78 is 5.80. The Morgan fingerprint density at radius 1 is 1.04 bits per heavy atom. The predicted molar refractivity (Wildman–Crippen MR) is 105 cm³/mol. The standard InChI is InChI=1S/C19H20ClN5O/c1-12(2)26-17-7-5-4-6-16(17)23-19-24-18(11-21-25-19)22-15-9-8-14(20)10-13(15)3/h4-12H,1-3H3,(H2,22,23,24,25). The Kier molecular flexibility index (Phi) is 5.53. The molecule has 26 heavy (non-hydrogen) atoms. The minimum absolute atomic E-state index is 0.0675. The highest BCUT2D eigenvalue weighted by molar-refractivity contribution is 6.30. The fraction of sp³-hybridized carbons (Fsp3) is 0.211. The molecule has 2 N–H and O–H groups in total. The normalized spacial score (nSPS) is 10.7. The molecule has 0 aliphatic heterocycles. The van der Waals surface area contributed by atoms with Crippen molar-refractivity contribution < 1.29 is 4.74 Å². The molecular formula is C19H20ClN5O. The van der Waals surface area contributed by atoms with Crippen molar-refractivity contribution in [2.45, 2.75) is 26.9 Å². The van der Waals surface area contributed by atoms with Crippen LogP contribution in [0, 0.1) is 6.92 Å². The zero-order chi connectivity index (χ0) is 18.5. The molecule has 0 saturated heterocycles. The van der Waals surface area contributed by atoms with E-state index in [1.165, 1.54) is 0 Å². The number of hydrogen-bond acceptors (Lipinski definition) is 6. The maximum atomic E-state index is 6.00. The summed E-state index contributed by atoms with van der Waals surface area (Å²) >= 11 is 6.00. The fourth-order valence-corrected chi connectivity index (χ4v) is 2.60. The summed E-state index contributed by atoms with van der Waals surface area (Å²) in [5.41, 5.74) is 2.70. The number of aryl methyl sites for hydroxylation is 1. The smallest absolute Gasteiger partial charge is 0.249 e. The fourth-order valence-electron chi connectivity index (χ4n) is 2.37. The summed E-state index contributed by atoms with van der Waals surface area (Å²) in [5, 5.41) is 15.1. The van der Waals surface area contributed by atoms with Crippen LogP contribution in [-0.2, 0) is 0 Å². The molecule has 134 valence electrons. The number of hydrogen-bond donors (Lipinski definition) is 2. The molecule has 0 unspecified atom stereocenters. The van der Waals surface area contributed by atoms with Crippen molar-refractivity contribution in [3.8, 4) is 5.75 Å². The van der Waals surface area contributed by atoms with E-state index >= 15 is 0 Å². The van der Waals surface area contributed by atoms with Crippen LogP contribution >= 0.6 is 11.6 Å². The molecule has 1 heterocycles. The van der Waals surface area contributed by atoms with Gasteiger partial charge in [0.1, 0.15) is 5.75 Å². The molecular weight excluding hydrogens is 350 g/mol. The second kappa shape index (κ2) is 8.01. The lowest BCUT2D eigenvalue weighted by atomic mass is 10.2. The van der Waals surface area contributed by atoms with Crippen LogP contribution in [0.4, 0.5) is 23.1 Å². The Labute approximate surface area is 157 Å². The van der Waals surface area contributed by atoms with Crippen LogP contribution in [-0.4, -0.2) is 21.3 Å². The van der Waals surface area contributed by atoms with Crippen molar-refractivity contribution in [1.29, 1.82) is 0 Å². The van der Waals surface area contributed by atoms with Gasteiger partial charge in [-0.1, -0.05) is 23.7 Å². The van der Waals surface area contributed by atoms with Crippen molar-refractivity contribution >= 4 is 34.7 Å². The lowest BCUT2D eigenvalue weighted by molar-refractivity contribution is 0.244. The van der Waals surface area contributed by atoms with Crippen LogP contribution in [0.1, 0.15) is 19.4 Å². The largest absolute Gasteiger partial charge is 0.489 e. The van der Waals surface area contributed by atoms with Crippen molar-refractivity contribution in [3.63, 3.8) is 0 Å². The number of benzene rings is 2. The van der Waals surface area contributed by atoms with Gasteiger partial charge in [-0.2, -0.15) is 10.1 Å². The summed E-state index contributed by atoms with van der Waals surface area (Å²) in [6, 6.07) is 13.3. The maximum absolute atomic E-state index is 6.00. The van der Waals surface area contributed by atoms with Gasteiger partial charge in [0.05, 0.1) is 18.0 Å². The van der Waals surface area contributed by atoms with Crippen LogP contribution < -0.4 is 15.4 Å². The van der Waals surface area contributed by atoms with Crippen LogP contribution in [0.15, 0.2) is 48.7 Å². The van der Waals surface area contributed by atoms with Gasteiger partial charge in [-0.05, 0) is 56.7 Å². The molecule has 0 atom stereocenters. The van der Waals surface area contributed by atoms with E-state index in [4.69, 9.17) is 16.3 Å². The van der Waals surface area contributed by atoms with Crippen LogP contribution in [0.2, 0.25) is 5.02 Å². The third-order valence-corrected chi connectivity index (χ3v) is 3.74. The van der Waals surface area contributed by atoms with Crippen LogP contribution in [0.25, 0.3) is 0 Å². The highest BCUT2D eigenvalue weighted by Crippen LogP contribution is 2.27. The van der Waals surface area contributed by atoms with Gasteiger partial charge >= 0.3 is 0 Å². The number of ether oxygens (including phenoxy) is 1. The number of rotatable bonds is 6. The van der Waals surface area contributed by atoms with E-state index in [1.807, 2.05) is 63.2 Å². The van der Waals surface area contributed by atoms with E-state index in [0.717, 1.165) is 22.7 Å². The first kappa shape index (κ1) is 17.9. The number of nitrogens with one attached hydrogen (secondary N) is 2. The molecule has 3 aromatic rings. The maximum Gasteiger partial charge on any atom is 0.249 e. The van der Waals surface area contributed by atoms with Crippen molar-refractivity contribution in [1.82, 2.24) is 15.2 Å². The average Bonchev–Trinajstić information content (AvgIpc) is 2.59. The Morgan fingerprint density at radius 3 is 2.62 bits per heavy atom. The number of aromatic nitrogens is 3. The van der Waals surface area contributed by atoms with Gasteiger partial charge in [0.2, 0.25) is 5.95 Å². The molecule has 0 radical (unpaired) electrons. The number of nitrogens with zero attached hydrogens (tertiary/aromatic N) is 3. The van der Waals surface area contributed by atoms with Crippen molar-refractivity contribution in [2.24, 2.45) is 0 Å². The minimum Gasteiger partial charge on any atom is -0.489 e. The lowest BCUT2D eigenvalue weighted by Gasteiger charge is -2.15. The molecule has 0 aliphatic carbocycles. The number of halogens is 1. The minimum atomic E-state index is 0.0675. The van der Waals surface area contributed by atoms with E-state index in [2.05, 4.69) is 25.8 Å². The zero-order valence-corrected chi connectivity index (χ0v) is 15.6. The van der Waals surface area contributed by atoms with Gasteiger partial charge in [-0.25, -0.2) is 0 Å². The van der Waals surface area contributed by atoms with Gasteiger partial charge in [-0.15, -0.1) is 5.10 Å². The summed E-state index contributed by atoms with van der Waals surface area (Å²) in [7, 11) is 0. The predicted octanol–water partition coefficient (Wildman–Crippen LogP) is 5.11. The Balaban J connectivity index is 1.80. The third kappa shape index (κ3) is 4.61. The topological polar surface area (TPSA) is 72.0 Å². The summed E-state index contributed by atoms with van der Waals surface area (Å²) in [6.45, 7) is 5.93. The second-order valence-electron chi connectivity index (χ2n) is 6.04. The van der Waals surface area contributed by atoms with Crippen molar-refractivity contribution in [3.05, 3.63) is 59.2 Å². The van der Waals surface area contributed by atoms with E-state index in [9.17, 15) is 0 Å². The third-order valence-electron chi connectivity index (χ3n) is 3.51. The van der Waals surface area contributed by atoms with E-state index in [0.29, 0.717) is 16.8 Å². The quantitative estimate of drug-likeness (QED) is 0.629. The first-order chi connectivity index (χ1) is 12.5. The van der Waals surface area contributed by atoms with Gasteiger partial charge in [0.25, 0.3) is 0 Å². The molecule has 0 saturated carbocycles. The highest BCUT2D eigenvalue weighted by atomic mass is 35.5. The van der Waals surface area contributed by atoms with Gasteiger partial charge in [-0.3, -0.25) is 0 Å². The molecule has 7 heteroatoms. The molecule has 2 aromatic carbocycles. The molecule has 0 spiro atoms. The molecule has 0 bridgehead atoms. The van der Waals surface area contributed by atoms with Crippen LogP contribution in [0.3, 0.4) is 0 Å². The zero-order valence-electron chi connectivity index (χ0n) is 14.8. The molecule has 6 nitrogen and oxygen atoms in total. The average molecular weight is 370 g/mol. The summed E-state index contributed by atoms with van der Waals surface area (Å²) in [5.74, 6) is 1.69. The lowest BCUT2D eigenvalue weighted by Crippen LogP contribution is -2.08. The SMILES string of the molecule is Cc1cc(Cl)ccc1Nc1cnnc(Nc2ccccc2OC(C)C)n1.